The molecule has 4 heterocycles. The SMILES string of the molecule is c1ccc(-c2nc(-c3ccccc3)nc(-c3ccc4c(c3)sc3ccc(-c5cccc6sc7c(-n8c9ccccc9c9ccccc98)cccc7c56)cc34)n2)cc1. The second kappa shape index (κ2) is 12.8. The van der Waals surface area contributed by atoms with Crippen molar-refractivity contribution < 1.29 is 0 Å². The summed E-state index contributed by atoms with van der Waals surface area (Å²) in [6.45, 7) is 0. The van der Waals surface area contributed by atoms with E-state index in [1.807, 2.05) is 83.3 Å². The van der Waals surface area contributed by atoms with E-state index in [-0.39, 0.29) is 0 Å². The summed E-state index contributed by atoms with van der Waals surface area (Å²) in [6.07, 6.45) is 0. The van der Waals surface area contributed by atoms with E-state index in [2.05, 4.69) is 126 Å². The Labute approximate surface area is 335 Å². The van der Waals surface area contributed by atoms with Crippen LogP contribution >= 0.6 is 22.7 Å². The molecule has 0 N–H and O–H groups in total. The Morgan fingerprint density at radius 2 is 0.947 bits per heavy atom. The number of aromatic nitrogens is 4. The van der Waals surface area contributed by atoms with Crippen LogP contribution in [0.25, 0.3) is 113 Å². The fraction of sp³-hybridized carbons (Fsp3) is 0. The first-order valence-corrected chi connectivity index (χ1v) is 20.7. The molecule has 0 saturated carbocycles. The molecule has 0 bridgehead atoms. The van der Waals surface area contributed by atoms with Crippen LogP contribution in [0.1, 0.15) is 0 Å². The summed E-state index contributed by atoms with van der Waals surface area (Å²) in [5.41, 5.74) is 9.04. The van der Waals surface area contributed by atoms with Crippen LogP contribution in [-0.4, -0.2) is 19.5 Å². The molecule has 8 aromatic carbocycles. The van der Waals surface area contributed by atoms with Gasteiger partial charge in [0, 0.05) is 63.1 Å². The Kier molecular flexibility index (Phi) is 7.24. The highest BCUT2D eigenvalue weighted by atomic mass is 32.1. The molecule has 0 aliphatic rings. The first-order chi connectivity index (χ1) is 28.2. The maximum atomic E-state index is 5.00. The Balaban J connectivity index is 0.991. The predicted molar refractivity (Wildman–Crippen MR) is 242 cm³/mol. The van der Waals surface area contributed by atoms with Crippen LogP contribution in [-0.2, 0) is 0 Å². The molecule has 0 aliphatic heterocycles. The van der Waals surface area contributed by atoms with Gasteiger partial charge in [0.25, 0.3) is 0 Å². The summed E-state index contributed by atoms with van der Waals surface area (Å²) in [7, 11) is 0. The third kappa shape index (κ3) is 5.15. The van der Waals surface area contributed by atoms with Gasteiger partial charge < -0.3 is 4.57 Å². The standard InChI is InChI=1S/C51H30N4S2/c1-3-13-31(14-4-1)49-52-50(32-15-5-2-6-16-32)54-51(53-49)34-25-27-38-40-29-33(26-28-44(40)56-46(38)30-34)35-19-12-24-45-47(35)39-20-11-23-43(48(39)57-45)55-41-21-9-7-17-36(41)37-18-8-10-22-42(37)55/h1-30H. The highest BCUT2D eigenvalue weighted by Crippen LogP contribution is 2.45. The van der Waals surface area contributed by atoms with Crippen molar-refractivity contribution in [2.24, 2.45) is 0 Å². The first-order valence-electron chi connectivity index (χ1n) is 19.0. The quantitative estimate of drug-likeness (QED) is 0.175. The topological polar surface area (TPSA) is 43.6 Å². The highest BCUT2D eigenvalue weighted by Gasteiger charge is 2.19. The lowest BCUT2D eigenvalue weighted by Gasteiger charge is -2.10. The van der Waals surface area contributed by atoms with E-state index in [1.54, 1.807) is 0 Å². The lowest BCUT2D eigenvalue weighted by molar-refractivity contribution is 1.07. The van der Waals surface area contributed by atoms with E-state index in [0.29, 0.717) is 17.5 Å². The van der Waals surface area contributed by atoms with Crippen LogP contribution in [0.2, 0.25) is 0 Å². The van der Waals surface area contributed by atoms with Gasteiger partial charge in [-0.2, -0.15) is 0 Å². The summed E-state index contributed by atoms with van der Waals surface area (Å²) in [5.74, 6) is 2.00. The molecule has 4 aromatic heterocycles. The van der Waals surface area contributed by atoms with Crippen LogP contribution in [0.5, 0.6) is 0 Å². The maximum Gasteiger partial charge on any atom is 0.164 e. The van der Waals surface area contributed by atoms with Gasteiger partial charge in [-0.15, -0.1) is 22.7 Å². The van der Waals surface area contributed by atoms with E-state index in [1.165, 1.54) is 79.0 Å². The minimum absolute atomic E-state index is 0.665. The van der Waals surface area contributed by atoms with Gasteiger partial charge in [0.15, 0.2) is 17.5 Å². The zero-order valence-corrected chi connectivity index (χ0v) is 32.1. The van der Waals surface area contributed by atoms with Crippen molar-refractivity contribution in [3.8, 4) is 51.0 Å². The number of fused-ring (bicyclic) bond motifs is 9. The van der Waals surface area contributed by atoms with Crippen molar-refractivity contribution in [2.75, 3.05) is 0 Å². The summed E-state index contributed by atoms with van der Waals surface area (Å²) in [4.78, 5) is 14.9. The molecule has 57 heavy (non-hydrogen) atoms. The van der Waals surface area contributed by atoms with E-state index in [4.69, 9.17) is 15.0 Å². The predicted octanol–water partition coefficient (Wildman–Crippen LogP) is 14.4. The van der Waals surface area contributed by atoms with Crippen LogP contribution in [0.4, 0.5) is 0 Å². The average Bonchev–Trinajstić information content (AvgIpc) is 3.96. The molecule has 0 amide bonds. The van der Waals surface area contributed by atoms with E-state index >= 15 is 0 Å². The van der Waals surface area contributed by atoms with E-state index < -0.39 is 0 Å². The van der Waals surface area contributed by atoms with Gasteiger partial charge in [0.1, 0.15) is 0 Å². The maximum absolute atomic E-state index is 5.00. The number of thiophene rings is 2. The average molecular weight is 763 g/mol. The number of para-hydroxylation sites is 2. The molecular formula is C51H30N4S2. The van der Waals surface area contributed by atoms with Crippen LogP contribution in [0, 0.1) is 0 Å². The van der Waals surface area contributed by atoms with Gasteiger partial charge in [-0.3, -0.25) is 0 Å². The fourth-order valence-electron chi connectivity index (χ4n) is 8.45. The lowest BCUT2D eigenvalue weighted by atomic mass is 9.97. The number of hydrogen-bond donors (Lipinski definition) is 0. The van der Waals surface area contributed by atoms with Crippen molar-refractivity contribution in [1.82, 2.24) is 19.5 Å². The molecule has 6 heteroatoms. The van der Waals surface area contributed by atoms with Crippen molar-refractivity contribution in [1.29, 1.82) is 0 Å². The molecule has 0 spiro atoms. The number of rotatable bonds is 5. The third-order valence-electron chi connectivity index (χ3n) is 11.1. The zero-order valence-electron chi connectivity index (χ0n) is 30.4. The van der Waals surface area contributed by atoms with Crippen LogP contribution in [0.15, 0.2) is 182 Å². The summed E-state index contributed by atoms with van der Waals surface area (Å²) in [5, 5.41) is 7.63. The molecule has 0 unspecified atom stereocenters. The molecule has 0 fully saturated rings. The second-order valence-electron chi connectivity index (χ2n) is 14.4. The summed E-state index contributed by atoms with van der Waals surface area (Å²) >= 11 is 3.70. The summed E-state index contributed by atoms with van der Waals surface area (Å²) < 4.78 is 7.50. The zero-order chi connectivity index (χ0) is 37.5. The second-order valence-corrected chi connectivity index (χ2v) is 16.5. The van der Waals surface area contributed by atoms with Gasteiger partial charge in [-0.05, 0) is 53.6 Å². The lowest BCUT2D eigenvalue weighted by Crippen LogP contribution is -1.99. The molecular weight excluding hydrogens is 733 g/mol. The molecule has 0 saturated heterocycles. The molecule has 266 valence electrons. The van der Waals surface area contributed by atoms with Gasteiger partial charge in [-0.1, -0.05) is 140 Å². The van der Waals surface area contributed by atoms with Crippen molar-refractivity contribution in [3.63, 3.8) is 0 Å². The van der Waals surface area contributed by atoms with Gasteiger partial charge >= 0.3 is 0 Å². The van der Waals surface area contributed by atoms with E-state index in [0.717, 1.165) is 16.7 Å². The molecule has 0 radical (unpaired) electrons. The van der Waals surface area contributed by atoms with Crippen LogP contribution < -0.4 is 0 Å². The normalized spacial score (nSPS) is 11.9. The minimum atomic E-state index is 0.665. The number of hydrogen-bond acceptors (Lipinski definition) is 5. The largest absolute Gasteiger partial charge is 0.308 e. The van der Waals surface area contributed by atoms with E-state index in [9.17, 15) is 0 Å². The van der Waals surface area contributed by atoms with Crippen LogP contribution in [0.3, 0.4) is 0 Å². The van der Waals surface area contributed by atoms with Crippen molar-refractivity contribution in [3.05, 3.63) is 182 Å². The molecule has 0 aliphatic carbocycles. The minimum Gasteiger partial charge on any atom is -0.308 e. The summed E-state index contributed by atoms with van der Waals surface area (Å²) in [6, 6.07) is 64.9. The Bertz CT molecular complexity index is 3410. The molecule has 0 atom stereocenters. The smallest absolute Gasteiger partial charge is 0.164 e. The Hall–Kier alpha value is -6.99. The molecule has 12 rings (SSSR count). The Morgan fingerprint density at radius 3 is 1.65 bits per heavy atom. The third-order valence-corrected chi connectivity index (χ3v) is 13.4. The highest BCUT2D eigenvalue weighted by molar-refractivity contribution is 7.26. The van der Waals surface area contributed by atoms with Gasteiger partial charge in [0.2, 0.25) is 0 Å². The number of nitrogens with zero attached hydrogens (tertiary/aromatic N) is 4. The fourth-order valence-corrected chi connectivity index (χ4v) is 10.8. The van der Waals surface area contributed by atoms with Gasteiger partial charge in [0.05, 0.1) is 21.4 Å². The van der Waals surface area contributed by atoms with Crippen molar-refractivity contribution >= 4 is 84.8 Å². The Morgan fingerprint density at radius 1 is 0.351 bits per heavy atom. The monoisotopic (exact) mass is 762 g/mol. The van der Waals surface area contributed by atoms with Crippen molar-refractivity contribution in [2.45, 2.75) is 0 Å². The first kappa shape index (κ1) is 32.3. The van der Waals surface area contributed by atoms with Gasteiger partial charge in [-0.25, -0.2) is 15.0 Å². The molecule has 4 nitrogen and oxygen atoms in total. The molecule has 12 aromatic rings. The number of benzene rings is 8.